The first-order valence-corrected chi connectivity index (χ1v) is 11.2. The van der Waals surface area contributed by atoms with Crippen LogP contribution in [0.15, 0.2) is 28.8 Å². The molecule has 3 aromatic rings. The van der Waals surface area contributed by atoms with Gasteiger partial charge in [-0.1, -0.05) is 28.9 Å². The lowest BCUT2D eigenvalue weighted by atomic mass is 9.77. The van der Waals surface area contributed by atoms with Gasteiger partial charge in [0, 0.05) is 55.5 Å². The zero-order valence-electron chi connectivity index (χ0n) is 19.2. The van der Waals surface area contributed by atoms with Gasteiger partial charge in [0.1, 0.15) is 0 Å². The zero-order valence-corrected chi connectivity index (χ0v) is 19.2. The van der Waals surface area contributed by atoms with Gasteiger partial charge in [0.05, 0.1) is 11.6 Å². The Morgan fingerprint density at radius 1 is 1.16 bits per heavy atom. The SMILES string of the molecule is Cc1cccc(-c2noc([C@@H]3CN(Cc4c(C)nn(C)c4C)C[C@@]34CCN(C)C4)n2)c1. The molecule has 1 spiro atoms. The Bertz CT molecular complexity index is 1100. The number of likely N-dealkylation sites (tertiary alicyclic amines) is 2. The van der Waals surface area contributed by atoms with Gasteiger partial charge in [-0.05, 0) is 46.9 Å². The Morgan fingerprint density at radius 2 is 2.00 bits per heavy atom. The summed E-state index contributed by atoms with van der Waals surface area (Å²) in [6.45, 7) is 11.5. The van der Waals surface area contributed by atoms with Crippen molar-refractivity contribution in [2.75, 3.05) is 33.2 Å². The molecule has 2 atom stereocenters. The van der Waals surface area contributed by atoms with Crippen LogP contribution in [0.25, 0.3) is 11.4 Å². The van der Waals surface area contributed by atoms with Crippen LogP contribution < -0.4 is 0 Å². The molecule has 164 valence electrons. The highest BCUT2D eigenvalue weighted by atomic mass is 16.5. The maximum atomic E-state index is 5.89. The molecule has 2 aromatic heterocycles. The lowest BCUT2D eigenvalue weighted by molar-refractivity contribution is 0.223. The van der Waals surface area contributed by atoms with E-state index in [0.29, 0.717) is 5.82 Å². The molecule has 2 aliphatic heterocycles. The van der Waals surface area contributed by atoms with E-state index in [4.69, 9.17) is 9.51 Å². The first kappa shape index (κ1) is 20.4. The first-order chi connectivity index (χ1) is 14.8. The molecule has 2 fully saturated rings. The van der Waals surface area contributed by atoms with Crippen LogP contribution in [0.2, 0.25) is 0 Å². The van der Waals surface area contributed by atoms with Crippen LogP contribution in [0.5, 0.6) is 0 Å². The van der Waals surface area contributed by atoms with E-state index in [9.17, 15) is 0 Å². The van der Waals surface area contributed by atoms with Crippen molar-refractivity contribution < 1.29 is 4.52 Å². The number of aromatic nitrogens is 4. The van der Waals surface area contributed by atoms with E-state index in [1.807, 2.05) is 17.8 Å². The Balaban J connectivity index is 1.44. The Hall–Kier alpha value is -2.51. The second-order valence-corrected chi connectivity index (χ2v) is 9.67. The number of benzene rings is 1. The molecule has 0 amide bonds. The summed E-state index contributed by atoms with van der Waals surface area (Å²) < 4.78 is 7.88. The summed E-state index contributed by atoms with van der Waals surface area (Å²) in [5, 5.41) is 8.97. The van der Waals surface area contributed by atoms with Gasteiger partial charge in [-0.2, -0.15) is 10.1 Å². The van der Waals surface area contributed by atoms with E-state index >= 15 is 0 Å². The molecule has 0 bridgehead atoms. The third kappa shape index (κ3) is 3.59. The minimum absolute atomic E-state index is 0.162. The molecule has 0 aliphatic carbocycles. The van der Waals surface area contributed by atoms with Gasteiger partial charge < -0.3 is 9.42 Å². The van der Waals surface area contributed by atoms with Crippen molar-refractivity contribution in [1.82, 2.24) is 29.7 Å². The van der Waals surface area contributed by atoms with Crippen molar-refractivity contribution in [3.05, 3.63) is 52.7 Å². The molecule has 0 unspecified atom stereocenters. The largest absolute Gasteiger partial charge is 0.339 e. The van der Waals surface area contributed by atoms with Crippen molar-refractivity contribution in [2.45, 2.75) is 39.7 Å². The molecule has 2 aliphatic rings. The molecule has 31 heavy (non-hydrogen) atoms. The van der Waals surface area contributed by atoms with Crippen molar-refractivity contribution in [2.24, 2.45) is 12.5 Å². The topological polar surface area (TPSA) is 63.2 Å². The molecule has 0 saturated carbocycles. The summed E-state index contributed by atoms with van der Waals surface area (Å²) in [5.74, 6) is 1.73. The molecule has 2 saturated heterocycles. The Kier molecular flexibility index (Phi) is 4.98. The summed E-state index contributed by atoms with van der Waals surface area (Å²) in [4.78, 5) is 9.90. The third-order valence-corrected chi connectivity index (χ3v) is 7.35. The smallest absolute Gasteiger partial charge is 0.232 e. The number of aryl methyl sites for hydroxylation is 3. The van der Waals surface area contributed by atoms with Gasteiger partial charge in [-0.15, -0.1) is 0 Å². The standard InChI is InChI=1S/C24H32N6O/c1-16-7-6-8-19(11-16)22-25-23(31-27-22)21-13-30(15-24(21)9-10-28(4)14-24)12-20-17(2)26-29(5)18(20)3/h6-8,11,21H,9-10,12-15H2,1-5H3/t21-,24-/m0/s1. The van der Waals surface area contributed by atoms with E-state index in [2.05, 4.69) is 66.1 Å². The average Bonchev–Trinajstić information content (AvgIpc) is 3.48. The second-order valence-electron chi connectivity index (χ2n) is 9.67. The molecule has 0 N–H and O–H groups in total. The van der Waals surface area contributed by atoms with Crippen molar-refractivity contribution in [3.63, 3.8) is 0 Å². The second kappa shape index (κ2) is 7.57. The molecule has 7 heteroatoms. The summed E-state index contributed by atoms with van der Waals surface area (Å²) >= 11 is 0. The summed E-state index contributed by atoms with van der Waals surface area (Å²) in [5.41, 5.74) is 6.10. The van der Waals surface area contributed by atoms with Crippen LogP contribution >= 0.6 is 0 Å². The minimum atomic E-state index is 0.162. The van der Waals surface area contributed by atoms with Gasteiger partial charge >= 0.3 is 0 Å². The van der Waals surface area contributed by atoms with E-state index in [0.717, 1.165) is 56.3 Å². The molecule has 1 aromatic carbocycles. The van der Waals surface area contributed by atoms with Crippen LogP contribution in [0.3, 0.4) is 0 Å². The van der Waals surface area contributed by atoms with Gasteiger partial charge in [0.15, 0.2) is 0 Å². The third-order valence-electron chi connectivity index (χ3n) is 7.35. The van der Waals surface area contributed by atoms with Crippen LogP contribution in [-0.2, 0) is 13.6 Å². The van der Waals surface area contributed by atoms with E-state index < -0.39 is 0 Å². The predicted octanol–water partition coefficient (Wildman–Crippen LogP) is 3.32. The quantitative estimate of drug-likeness (QED) is 0.645. The lowest BCUT2D eigenvalue weighted by Crippen LogP contribution is -2.32. The molecule has 7 nitrogen and oxygen atoms in total. The highest BCUT2D eigenvalue weighted by Crippen LogP contribution is 2.49. The van der Waals surface area contributed by atoms with E-state index in [1.54, 1.807) is 0 Å². The number of rotatable bonds is 4. The van der Waals surface area contributed by atoms with Crippen molar-refractivity contribution in [1.29, 1.82) is 0 Å². The van der Waals surface area contributed by atoms with Crippen molar-refractivity contribution in [3.8, 4) is 11.4 Å². The van der Waals surface area contributed by atoms with Crippen LogP contribution in [0.4, 0.5) is 0 Å². The normalized spacial score (nSPS) is 24.6. The fraction of sp³-hybridized carbons (Fsp3) is 0.542. The number of hydrogen-bond donors (Lipinski definition) is 0. The molecule has 4 heterocycles. The molecule has 5 rings (SSSR count). The van der Waals surface area contributed by atoms with Gasteiger partial charge in [0.25, 0.3) is 0 Å². The number of hydrogen-bond acceptors (Lipinski definition) is 6. The summed E-state index contributed by atoms with van der Waals surface area (Å²) in [6, 6.07) is 8.30. The average molecular weight is 421 g/mol. The molecule has 0 radical (unpaired) electrons. The summed E-state index contributed by atoms with van der Waals surface area (Å²) in [7, 11) is 4.24. The zero-order chi connectivity index (χ0) is 21.8. The predicted molar refractivity (Wildman–Crippen MR) is 120 cm³/mol. The van der Waals surface area contributed by atoms with Crippen molar-refractivity contribution >= 4 is 0 Å². The first-order valence-electron chi connectivity index (χ1n) is 11.2. The summed E-state index contributed by atoms with van der Waals surface area (Å²) in [6.07, 6.45) is 1.16. The highest BCUT2D eigenvalue weighted by Gasteiger charge is 2.52. The Morgan fingerprint density at radius 3 is 2.68 bits per heavy atom. The van der Waals surface area contributed by atoms with Crippen LogP contribution in [0, 0.1) is 26.2 Å². The van der Waals surface area contributed by atoms with Gasteiger partial charge in [-0.25, -0.2) is 0 Å². The molecular weight excluding hydrogens is 388 g/mol. The number of nitrogens with zero attached hydrogens (tertiary/aromatic N) is 6. The van der Waals surface area contributed by atoms with Gasteiger partial charge in [-0.3, -0.25) is 9.58 Å². The molecular formula is C24H32N6O. The fourth-order valence-corrected chi connectivity index (χ4v) is 5.60. The minimum Gasteiger partial charge on any atom is -0.339 e. The van der Waals surface area contributed by atoms with E-state index in [1.165, 1.54) is 16.8 Å². The lowest BCUT2D eigenvalue weighted by Gasteiger charge is -2.28. The maximum absolute atomic E-state index is 5.89. The highest BCUT2D eigenvalue weighted by molar-refractivity contribution is 5.55. The fourth-order valence-electron chi connectivity index (χ4n) is 5.60. The van der Waals surface area contributed by atoms with Crippen LogP contribution in [-0.4, -0.2) is 62.9 Å². The maximum Gasteiger partial charge on any atom is 0.232 e. The monoisotopic (exact) mass is 420 g/mol. The Labute approximate surface area is 184 Å². The van der Waals surface area contributed by atoms with Gasteiger partial charge in [0.2, 0.25) is 11.7 Å². The van der Waals surface area contributed by atoms with Crippen LogP contribution in [0.1, 0.15) is 40.7 Å². The van der Waals surface area contributed by atoms with E-state index in [-0.39, 0.29) is 11.3 Å².